The number of halogens is 1. The molecule has 1 heterocycles. The summed E-state index contributed by atoms with van der Waals surface area (Å²) in [5.41, 5.74) is 5.89. The van der Waals surface area contributed by atoms with Crippen molar-refractivity contribution in [3.63, 3.8) is 0 Å². The molecule has 0 bridgehead atoms. The molecule has 0 saturated heterocycles. The SMILES string of the molecule is NCC1CCCCCC1Sc1ncccc1Cl. The quantitative estimate of drug-likeness (QED) is 0.851. The molecule has 0 spiro atoms. The Morgan fingerprint density at radius 2 is 2.18 bits per heavy atom. The fraction of sp³-hybridized carbons (Fsp3) is 0.615. The summed E-state index contributed by atoms with van der Waals surface area (Å²) in [4.78, 5) is 4.36. The third kappa shape index (κ3) is 3.60. The molecular weight excluding hydrogens is 252 g/mol. The molecule has 1 fully saturated rings. The molecule has 1 aliphatic carbocycles. The molecule has 2 atom stereocenters. The summed E-state index contributed by atoms with van der Waals surface area (Å²) >= 11 is 7.97. The van der Waals surface area contributed by atoms with Crippen LogP contribution in [0.25, 0.3) is 0 Å². The zero-order valence-electron chi connectivity index (χ0n) is 9.94. The maximum atomic E-state index is 6.16. The first-order valence-electron chi connectivity index (χ1n) is 6.28. The predicted octanol–water partition coefficient (Wildman–Crippen LogP) is 3.73. The van der Waals surface area contributed by atoms with E-state index in [1.165, 1.54) is 32.1 Å². The Balaban J connectivity index is 2.07. The maximum Gasteiger partial charge on any atom is 0.115 e. The second-order valence-corrected chi connectivity index (χ2v) is 6.22. The van der Waals surface area contributed by atoms with E-state index in [1.807, 2.05) is 30.1 Å². The summed E-state index contributed by atoms with van der Waals surface area (Å²) < 4.78 is 0. The third-order valence-corrected chi connectivity index (χ3v) is 5.27. The number of nitrogens with two attached hydrogens (primary N) is 1. The van der Waals surface area contributed by atoms with E-state index < -0.39 is 0 Å². The Morgan fingerprint density at radius 3 is 2.94 bits per heavy atom. The first-order chi connectivity index (χ1) is 8.31. The van der Waals surface area contributed by atoms with Gasteiger partial charge >= 0.3 is 0 Å². The van der Waals surface area contributed by atoms with Crippen molar-refractivity contribution in [1.29, 1.82) is 0 Å². The second kappa shape index (κ2) is 6.62. The Labute approximate surface area is 112 Å². The maximum absolute atomic E-state index is 6.16. The van der Waals surface area contributed by atoms with Gasteiger partial charge in [-0.25, -0.2) is 4.98 Å². The van der Waals surface area contributed by atoms with Crippen molar-refractivity contribution in [2.24, 2.45) is 11.7 Å². The van der Waals surface area contributed by atoms with Crippen LogP contribution in [0.1, 0.15) is 32.1 Å². The van der Waals surface area contributed by atoms with Gasteiger partial charge in [-0.05, 0) is 37.4 Å². The Bertz CT molecular complexity index is 359. The molecular formula is C13H19ClN2S. The number of aromatic nitrogens is 1. The van der Waals surface area contributed by atoms with Crippen molar-refractivity contribution in [3.8, 4) is 0 Å². The monoisotopic (exact) mass is 270 g/mol. The van der Waals surface area contributed by atoms with Gasteiger partial charge in [0.1, 0.15) is 5.03 Å². The van der Waals surface area contributed by atoms with Crippen molar-refractivity contribution >= 4 is 23.4 Å². The number of hydrogen-bond acceptors (Lipinski definition) is 3. The van der Waals surface area contributed by atoms with Gasteiger partial charge in [-0.15, -0.1) is 11.8 Å². The second-order valence-electron chi connectivity index (χ2n) is 4.58. The highest BCUT2D eigenvalue weighted by Crippen LogP contribution is 2.37. The van der Waals surface area contributed by atoms with Crippen LogP contribution >= 0.6 is 23.4 Å². The van der Waals surface area contributed by atoms with Crippen molar-refractivity contribution in [1.82, 2.24) is 4.98 Å². The van der Waals surface area contributed by atoms with Gasteiger partial charge in [0.25, 0.3) is 0 Å². The fourth-order valence-electron chi connectivity index (χ4n) is 2.38. The summed E-state index contributed by atoms with van der Waals surface area (Å²) in [5.74, 6) is 0.612. The molecule has 2 nitrogen and oxygen atoms in total. The lowest BCUT2D eigenvalue weighted by atomic mass is 10.0. The summed E-state index contributed by atoms with van der Waals surface area (Å²) in [6.07, 6.45) is 8.25. The van der Waals surface area contributed by atoms with Crippen molar-refractivity contribution in [2.75, 3.05) is 6.54 Å². The van der Waals surface area contributed by atoms with Crippen LogP contribution in [-0.4, -0.2) is 16.8 Å². The fourth-order valence-corrected chi connectivity index (χ4v) is 3.94. The van der Waals surface area contributed by atoms with Gasteiger partial charge in [0.15, 0.2) is 0 Å². The molecule has 1 saturated carbocycles. The molecule has 1 aliphatic rings. The van der Waals surface area contributed by atoms with E-state index in [1.54, 1.807) is 0 Å². The lowest BCUT2D eigenvalue weighted by Crippen LogP contribution is -2.24. The topological polar surface area (TPSA) is 38.9 Å². The molecule has 2 unspecified atom stereocenters. The van der Waals surface area contributed by atoms with Crippen LogP contribution < -0.4 is 5.73 Å². The molecule has 1 aromatic heterocycles. The van der Waals surface area contributed by atoms with Crippen LogP contribution in [-0.2, 0) is 0 Å². The van der Waals surface area contributed by atoms with Gasteiger partial charge in [-0.1, -0.05) is 30.9 Å². The van der Waals surface area contributed by atoms with Gasteiger partial charge in [-0.2, -0.15) is 0 Å². The highest BCUT2D eigenvalue weighted by Gasteiger charge is 2.24. The Hall–Kier alpha value is -0.250. The van der Waals surface area contributed by atoms with E-state index in [0.29, 0.717) is 11.2 Å². The molecule has 0 aromatic carbocycles. The molecule has 0 amide bonds. The summed E-state index contributed by atoms with van der Waals surface area (Å²) in [6.45, 7) is 0.780. The van der Waals surface area contributed by atoms with Gasteiger partial charge in [-0.3, -0.25) is 0 Å². The lowest BCUT2D eigenvalue weighted by molar-refractivity contribution is 0.483. The van der Waals surface area contributed by atoms with Gasteiger partial charge in [0, 0.05) is 11.4 Å². The molecule has 2 rings (SSSR count). The Kier molecular flexibility index (Phi) is 5.14. The minimum absolute atomic E-state index is 0.579. The molecule has 0 radical (unpaired) electrons. The van der Waals surface area contributed by atoms with Crippen LogP contribution in [0.3, 0.4) is 0 Å². The van der Waals surface area contributed by atoms with Crippen molar-refractivity contribution in [2.45, 2.75) is 42.4 Å². The molecule has 4 heteroatoms. The smallest absolute Gasteiger partial charge is 0.115 e. The minimum Gasteiger partial charge on any atom is -0.330 e. The zero-order valence-corrected chi connectivity index (χ0v) is 11.5. The van der Waals surface area contributed by atoms with E-state index in [9.17, 15) is 0 Å². The molecule has 17 heavy (non-hydrogen) atoms. The van der Waals surface area contributed by atoms with Gasteiger partial charge < -0.3 is 5.73 Å². The number of rotatable bonds is 3. The van der Waals surface area contributed by atoms with E-state index in [4.69, 9.17) is 17.3 Å². The van der Waals surface area contributed by atoms with Crippen molar-refractivity contribution in [3.05, 3.63) is 23.4 Å². The molecule has 2 N–H and O–H groups in total. The predicted molar refractivity (Wildman–Crippen MR) is 74.5 cm³/mol. The van der Waals surface area contributed by atoms with E-state index in [2.05, 4.69) is 4.98 Å². The molecule has 1 aromatic rings. The van der Waals surface area contributed by atoms with Crippen LogP contribution in [0.2, 0.25) is 5.02 Å². The first kappa shape index (κ1) is 13.2. The van der Waals surface area contributed by atoms with Gasteiger partial charge in [0.2, 0.25) is 0 Å². The lowest BCUT2D eigenvalue weighted by Gasteiger charge is -2.23. The average molecular weight is 271 g/mol. The molecule has 0 aliphatic heterocycles. The Morgan fingerprint density at radius 1 is 1.35 bits per heavy atom. The van der Waals surface area contributed by atoms with E-state index in [0.717, 1.165) is 16.6 Å². The average Bonchev–Trinajstić information content (AvgIpc) is 2.57. The highest BCUT2D eigenvalue weighted by molar-refractivity contribution is 8.00. The number of hydrogen-bond donors (Lipinski definition) is 1. The zero-order chi connectivity index (χ0) is 12.1. The number of thioether (sulfide) groups is 1. The van der Waals surface area contributed by atoms with Gasteiger partial charge in [0.05, 0.1) is 5.02 Å². The molecule has 94 valence electrons. The van der Waals surface area contributed by atoms with Crippen LogP contribution in [0.4, 0.5) is 0 Å². The van der Waals surface area contributed by atoms with Crippen LogP contribution in [0, 0.1) is 5.92 Å². The summed E-state index contributed by atoms with van der Waals surface area (Å²) in [7, 11) is 0. The van der Waals surface area contributed by atoms with E-state index >= 15 is 0 Å². The standard InChI is InChI=1S/C13H19ClN2S/c14-11-6-4-8-16-13(11)17-12-7-3-1-2-5-10(12)9-15/h4,6,8,10,12H,1-3,5,7,9,15H2. The third-order valence-electron chi connectivity index (χ3n) is 3.38. The summed E-state index contributed by atoms with van der Waals surface area (Å²) in [5, 5.41) is 2.30. The highest BCUT2D eigenvalue weighted by atomic mass is 35.5. The minimum atomic E-state index is 0.579. The normalized spacial score (nSPS) is 25.5. The number of pyridine rings is 1. The van der Waals surface area contributed by atoms with Crippen molar-refractivity contribution < 1.29 is 0 Å². The van der Waals surface area contributed by atoms with Crippen LogP contribution in [0.15, 0.2) is 23.4 Å². The number of nitrogens with zero attached hydrogens (tertiary/aromatic N) is 1. The largest absolute Gasteiger partial charge is 0.330 e. The van der Waals surface area contributed by atoms with Crippen LogP contribution in [0.5, 0.6) is 0 Å². The summed E-state index contributed by atoms with van der Waals surface area (Å²) in [6, 6.07) is 3.78. The first-order valence-corrected chi connectivity index (χ1v) is 7.54. The van der Waals surface area contributed by atoms with E-state index in [-0.39, 0.29) is 0 Å².